The summed E-state index contributed by atoms with van der Waals surface area (Å²) >= 11 is 0. The highest BCUT2D eigenvalue weighted by atomic mass is 19.1. The molecule has 1 aromatic carbocycles. The van der Waals surface area contributed by atoms with Gasteiger partial charge in [-0.2, -0.15) is 0 Å². The lowest BCUT2D eigenvalue weighted by atomic mass is 10.3. The van der Waals surface area contributed by atoms with Crippen LogP contribution in [-0.2, 0) is 4.79 Å². The van der Waals surface area contributed by atoms with Crippen LogP contribution in [0.25, 0.3) is 0 Å². The molecule has 0 spiro atoms. The Labute approximate surface area is 142 Å². The van der Waals surface area contributed by atoms with Crippen LogP contribution in [0.2, 0.25) is 0 Å². The molecule has 3 amide bonds. The summed E-state index contributed by atoms with van der Waals surface area (Å²) in [5.41, 5.74) is 0.644. The van der Waals surface area contributed by atoms with E-state index in [-0.39, 0.29) is 24.3 Å². The molecule has 7 heteroatoms. The number of hydrogen-bond acceptors (Lipinski definition) is 3. The number of nitrogens with zero attached hydrogens (tertiary/aromatic N) is 3. The lowest BCUT2D eigenvalue weighted by Gasteiger charge is -2.20. The standard InChI is InChI=1S/C17H25FN4O2/c1-3-20(4-2)10-9-19-16(23)13-21-11-12-22(17(21)24)15-7-5-14(18)6-8-15/h5-8H,3-4,9-13H2,1-2H3,(H,19,23). The number of nitrogens with one attached hydrogen (secondary N) is 1. The van der Waals surface area contributed by atoms with Gasteiger partial charge in [-0.3, -0.25) is 9.69 Å². The van der Waals surface area contributed by atoms with Crippen LogP contribution < -0.4 is 10.2 Å². The molecule has 0 unspecified atom stereocenters. The molecule has 1 N–H and O–H groups in total. The average Bonchev–Trinajstić information content (AvgIpc) is 2.93. The zero-order chi connectivity index (χ0) is 17.5. The third-order valence-electron chi connectivity index (χ3n) is 4.21. The van der Waals surface area contributed by atoms with Crippen molar-refractivity contribution in [1.82, 2.24) is 15.1 Å². The molecule has 0 aromatic heterocycles. The second kappa shape index (κ2) is 8.63. The topological polar surface area (TPSA) is 55.9 Å². The first-order valence-corrected chi connectivity index (χ1v) is 8.36. The molecule has 1 fully saturated rings. The Kier molecular flexibility index (Phi) is 6.54. The SMILES string of the molecule is CCN(CC)CCNC(=O)CN1CCN(c2ccc(F)cc2)C1=O. The molecule has 6 nitrogen and oxygen atoms in total. The Bertz CT molecular complexity index is 560. The van der Waals surface area contributed by atoms with E-state index >= 15 is 0 Å². The zero-order valence-electron chi connectivity index (χ0n) is 14.3. The van der Waals surface area contributed by atoms with Crippen LogP contribution in [-0.4, -0.2) is 67.6 Å². The van der Waals surface area contributed by atoms with E-state index < -0.39 is 0 Å². The number of hydrogen-bond donors (Lipinski definition) is 1. The highest BCUT2D eigenvalue weighted by Gasteiger charge is 2.30. The molecule has 0 bridgehead atoms. The van der Waals surface area contributed by atoms with E-state index in [4.69, 9.17) is 0 Å². The molecule has 132 valence electrons. The predicted octanol–water partition coefficient (Wildman–Crippen LogP) is 1.53. The van der Waals surface area contributed by atoms with Gasteiger partial charge < -0.3 is 15.1 Å². The third kappa shape index (κ3) is 4.67. The van der Waals surface area contributed by atoms with Gasteiger partial charge in [0.1, 0.15) is 12.4 Å². The maximum absolute atomic E-state index is 13.0. The molecule has 0 atom stereocenters. The van der Waals surface area contributed by atoms with Crippen molar-refractivity contribution in [3.05, 3.63) is 30.1 Å². The van der Waals surface area contributed by atoms with Crippen LogP contribution in [0.3, 0.4) is 0 Å². The number of benzene rings is 1. The van der Waals surface area contributed by atoms with E-state index in [2.05, 4.69) is 24.1 Å². The van der Waals surface area contributed by atoms with Crippen molar-refractivity contribution in [2.45, 2.75) is 13.8 Å². The largest absolute Gasteiger partial charge is 0.353 e. The fraction of sp³-hybridized carbons (Fsp3) is 0.529. The fourth-order valence-corrected chi connectivity index (χ4v) is 2.71. The van der Waals surface area contributed by atoms with Crippen molar-refractivity contribution in [1.29, 1.82) is 0 Å². The summed E-state index contributed by atoms with van der Waals surface area (Å²) in [7, 11) is 0. The fourth-order valence-electron chi connectivity index (χ4n) is 2.71. The van der Waals surface area contributed by atoms with E-state index in [1.807, 2.05) is 0 Å². The maximum Gasteiger partial charge on any atom is 0.325 e. The van der Waals surface area contributed by atoms with Gasteiger partial charge >= 0.3 is 6.03 Å². The van der Waals surface area contributed by atoms with Gasteiger partial charge in [0.2, 0.25) is 5.91 Å². The Morgan fingerprint density at radius 2 is 1.88 bits per heavy atom. The zero-order valence-corrected chi connectivity index (χ0v) is 14.3. The molecule has 2 rings (SSSR count). The van der Waals surface area contributed by atoms with Crippen LogP contribution in [0.15, 0.2) is 24.3 Å². The molecule has 1 aliphatic heterocycles. The first-order chi connectivity index (χ1) is 11.5. The van der Waals surface area contributed by atoms with Crippen molar-refractivity contribution in [2.24, 2.45) is 0 Å². The van der Waals surface area contributed by atoms with Crippen molar-refractivity contribution >= 4 is 17.6 Å². The third-order valence-corrected chi connectivity index (χ3v) is 4.21. The lowest BCUT2D eigenvalue weighted by molar-refractivity contribution is -0.121. The molecule has 0 radical (unpaired) electrons. The van der Waals surface area contributed by atoms with Gasteiger partial charge in [-0.25, -0.2) is 9.18 Å². The summed E-state index contributed by atoms with van der Waals surface area (Å²) in [4.78, 5) is 29.7. The van der Waals surface area contributed by atoms with E-state index in [0.29, 0.717) is 25.3 Å². The molecule has 1 heterocycles. The molecule has 0 aliphatic carbocycles. The van der Waals surface area contributed by atoms with Crippen molar-refractivity contribution in [2.75, 3.05) is 50.7 Å². The van der Waals surface area contributed by atoms with Gasteiger partial charge in [-0.1, -0.05) is 13.8 Å². The van der Waals surface area contributed by atoms with E-state index in [0.717, 1.165) is 19.6 Å². The predicted molar refractivity (Wildman–Crippen MR) is 91.5 cm³/mol. The Morgan fingerprint density at radius 3 is 2.50 bits per heavy atom. The van der Waals surface area contributed by atoms with E-state index in [1.54, 1.807) is 17.0 Å². The molecule has 1 saturated heterocycles. The lowest BCUT2D eigenvalue weighted by Crippen LogP contribution is -2.42. The summed E-state index contributed by atoms with van der Waals surface area (Å²) in [5, 5.41) is 2.85. The number of rotatable bonds is 8. The molecule has 24 heavy (non-hydrogen) atoms. The summed E-state index contributed by atoms with van der Waals surface area (Å²) in [6.45, 7) is 8.47. The number of carbonyl (C=O) groups excluding carboxylic acids is 2. The second-order valence-corrected chi connectivity index (χ2v) is 5.71. The van der Waals surface area contributed by atoms with Crippen molar-refractivity contribution < 1.29 is 14.0 Å². The number of amides is 3. The van der Waals surface area contributed by atoms with Gasteiger partial charge in [0, 0.05) is 31.9 Å². The Morgan fingerprint density at radius 1 is 1.21 bits per heavy atom. The normalized spacial score (nSPS) is 14.6. The van der Waals surface area contributed by atoms with Gasteiger partial charge in [0.25, 0.3) is 0 Å². The van der Waals surface area contributed by atoms with Crippen LogP contribution in [0.1, 0.15) is 13.8 Å². The highest BCUT2D eigenvalue weighted by molar-refractivity contribution is 5.96. The molecular weight excluding hydrogens is 311 g/mol. The first-order valence-electron chi connectivity index (χ1n) is 8.36. The van der Waals surface area contributed by atoms with Gasteiger partial charge in [0.15, 0.2) is 0 Å². The minimum absolute atomic E-state index is 0.0504. The smallest absolute Gasteiger partial charge is 0.325 e. The minimum Gasteiger partial charge on any atom is -0.353 e. The van der Waals surface area contributed by atoms with Gasteiger partial charge in [0.05, 0.1) is 0 Å². The second-order valence-electron chi connectivity index (χ2n) is 5.71. The monoisotopic (exact) mass is 336 g/mol. The van der Waals surface area contributed by atoms with Crippen molar-refractivity contribution in [3.8, 4) is 0 Å². The van der Waals surface area contributed by atoms with E-state index in [9.17, 15) is 14.0 Å². The first kappa shape index (κ1) is 18.2. The number of urea groups is 1. The number of halogens is 1. The summed E-state index contributed by atoms with van der Waals surface area (Å²) in [6.07, 6.45) is 0. The molecule has 1 aromatic rings. The van der Waals surface area contributed by atoms with Crippen molar-refractivity contribution in [3.63, 3.8) is 0 Å². The quantitative estimate of drug-likeness (QED) is 0.783. The van der Waals surface area contributed by atoms with Gasteiger partial charge in [-0.15, -0.1) is 0 Å². The number of carbonyl (C=O) groups is 2. The van der Waals surface area contributed by atoms with Gasteiger partial charge in [-0.05, 0) is 37.4 Å². The van der Waals surface area contributed by atoms with Crippen LogP contribution in [0, 0.1) is 5.82 Å². The Hall–Kier alpha value is -2.15. The maximum atomic E-state index is 13.0. The number of likely N-dealkylation sites (N-methyl/N-ethyl adjacent to an activating group) is 1. The van der Waals surface area contributed by atoms with Crippen LogP contribution in [0.5, 0.6) is 0 Å². The minimum atomic E-state index is -0.338. The summed E-state index contributed by atoms with van der Waals surface area (Å²) in [5.74, 6) is -0.494. The highest BCUT2D eigenvalue weighted by Crippen LogP contribution is 2.20. The molecule has 0 saturated carbocycles. The summed E-state index contributed by atoms with van der Waals surface area (Å²) in [6, 6.07) is 5.57. The van der Waals surface area contributed by atoms with E-state index in [1.165, 1.54) is 17.0 Å². The van der Waals surface area contributed by atoms with Crippen LogP contribution in [0.4, 0.5) is 14.9 Å². The molecule has 1 aliphatic rings. The van der Waals surface area contributed by atoms with Crippen LogP contribution >= 0.6 is 0 Å². The Balaban J connectivity index is 1.80. The average molecular weight is 336 g/mol. The number of anilines is 1. The summed E-state index contributed by atoms with van der Waals surface area (Å²) < 4.78 is 13.0. The molecular formula is C17H25FN4O2.